The Balaban J connectivity index is 1.54. The zero-order valence-corrected chi connectivity index (χ0v) is 25.2. The van der Waals surface area contributed by atoms with Crippen LogP contribution in [0.4, 0.5) is 9.18 Å². The maximum atomic E-state index is 15.7. The zero-order chi connectivity index (χ0) is 29.7. The minimum atomic E-state index is -1.37. The summed E-state index contributed by atoms with van der Waals surface area (Å²) in [7, 11) is 0. The lowest BCUT2D eigenvalue weighted by atomic mass is 9.94. The Hall–Kier alpha value is -3.46. The largest absolute Gasteiger partial charge is 0.490 e. The first-order valence-electron chi connectivity index (χ1n) is 13.2. The SMILES string of the molecule is CC(C)Oc1ccc(-c2nnc(-c3cc(F)c4c(c3Cl)C(C)(C)OC(=O)N3[C@H](CCO4)COC3(C)C)s2)cc1C#N. The van der Waals surface area contributed by atoms with E-state index in [0.29, 0.717) is 39.9 Å². The van der Waals surface area contributed by atoms with Crippen molar-refractivity contribution in [2.45, 2.75) is 71.4 Å². The molecule has 0 radical (unpaired) electrons. The van der Waals surface area contributed by atoms with E-state index in [1.807, 2.05) is 13.8 Å². The topological polar surface area (TPSA) is 107 Å². The third-order valence-corrected chi connectivity index (χ3v) is 8.35. The summed E-state index contributed by atoms with van der Waals surface area (Å²) in [4.78, 5) is 15.0. The van der Waals surface area contributed by atoms with Crippen molar-refractivity contribution in [3.05, 3.63) is 46.2 Å². The minimum Gasteiger partial charge on any atom is -0.490 e. The molecule has 2 aromatic carbocycles. The van der Waals surface area contributed by atoms with Crippen LogP contribution in [-0.2, 0) is 15.1 Å². The van der Waals surface area contributed by atoms with Crippen LogP contribution in [0.25, 0.3) is 21.1 Å². The molecule has 1 atom stereocenters. The quantitative estimate of drug-likeness (QED) is 0.318. The van der Waals surface area contributed by atoms with Gasteiger partial charge in [-0.05, 0) is 65.8 Å². The molecule has 2 aliphatic heterocycles. The highest BCUT2D eigenvalue weighted by molar-refractivity contribution is 7.18. The second-order valence-corrected chi connectivity index (χ2v) is 12.5. The van der Waals surface area contributed by atoms with Crippen LogP contribution in [0.15, 0.2) is 24.3 Å². The van der Waals surface area contributed by atoms with Crippen LogP contribution in [-0.4, -0.2) is 52.3 Å². The normalized spacial score (nSPS) is 19.6. The molecule has 1 fully saturated rings. The Kier molecular flexibility index (Phi) is 7.61. The highest BCUT2D eigenvalue weighted by Gasteiger charge is 2.47. The molecular formula is C29H30ClFN4O5S. The van der Waals surface area contributed by atoms with Gasteiger partial charge in [-0.1, -0.05) is 22.9 Å². The van der Waals surface area contributed by atoms with Crippen molar-refractivity contribution in [1.82, 2.24) is 15.1 Å². The lowest BCUT2D eigenvalue weighted by Crippen LogP contribution is -2.50. The fourth-order valence-corrected chi connectivity index (χ4v) is 6.46. The van der Waals surface area contributed by atoms with Gasteiger partial charge < -0.3 is 18.9 Å². The summed E-state index contributed by atoms with van der Waals surface area (Å²) in [6.45, 7) is 11.1. The third kappa shape index (κ3) is 5.44. The Morgan fingerprint density at radius 3 is 2.66 bits per heavy atom. The Bertz CT molecular complexity index is 1550. The van der Waals surface area contributed by atoms with Crippen molar-refractivity contribution in [3.63, 3.8) is 0 Å². The predicted octanol–water partition coefficient (Wildman–Crippen LogP) is 6.91. The van der Waals surface area contributed by atoms with Gasteiger partial charge in [-0.15, -0.1) is 10.2 Å². The van der Waals surface area contributed by atoms with Crippen molar-refractivity contribution in [1.29, 1.82) is 5.26 Å². The Morgan fingerprint density at radius 1 is 1.22 bits per heavy atom. The number of hydrogen-bond acceptors (Lipinski definition) is 9. The number of cyclic esters (lactones) is 1. The van der Waals surface area contributed by atoms with Gasteiger partial charge in [0.1, 0.15) is 33.2 Å². The van der Waals surface area contributed by atoms with Crippen molar-refractivity contribution >= 4 is 29.0 Å². The molecule has 3 aromatic rings. The molecule has 2 aliphatic rings. The number of aromatic nitrogens is 2. The standard InChI is InChI=1S/C29H30ClFN4O5S/c1-15(2)39-21-8-7-16(11-17(21)13-32)25-33-34-26(41-25)19-12-20(31)24-22(23(19)30)28(3,4)40-27(36)35-18(9-10-37-24)14-38-29(35,5)6/h7-8,11-12,15,18H,9-10,14H2,1-6H3/t18-/m1/s1. The van der Waals surface area contributed by atoms with Crippen LogP contribution in [0.3, 0.4) is 0 Å². The maximum absolute atomic E-state index is 15.7. The third-order valence-electron chi connectivity index (χ3n) is 6.95. The second-order valence-electron chi connectivity index (χ2n) is 11.1. The van der Waals surface area contributed by atoms with E-state index >= 15 is 4.39 Å². The first kappa shape index (κ1) is 29.0. The smallest absolute Gasteiger partial charge is 0.413 e. The van der Waals surface area contributed by atoms with Crippen LogP contribution in [0.1, 0.15) is 59.1 Å². The summed E-state index contributed by atoms with van der Waals surface area (Å²) in [5.74, 6) is -0.267. The number of halogens is 2. The summed E-state index contributed by atoms with van der Waals surface area (Å²) >= 11 is 8.11. The van der Waals surface area contributed by atoms with Gasteiger partial charge in [0.25, 0.3) is 0 Å². The van der Waals surface area contributed by atoms with E-state index in [-0.39, 0.29) is 40.7 Å². The Morgan fingerprint density at radius 2 is 1.95 bits per heavy atom. The number of nitriles is 1. The van der Waals surface area contributed by atoms with Crippen LogP contribution in [0.5, 0.6) is 11.5 Å². The van der Waals surface area contributed by atoms with Gasteiger partial charge in [0, 0.05) is 17.5 Å². The highest BCUT2D eigenvalue weighted by Crippen LogP contribution is 2.47. The van der Waals surface area contributed by atoms with Gasteiger partial charge in [-0.2, -0.15) is 5.26 Å². The molecule has 12 heteroatoms. The lowest BCUT2D eigenvalue weighted by Gasteiger charge is -2.38. The molecule has 3 heterocycles. The van der Waals surface area contributed by atoms with Crippen LogP contribution >= 0.6 is 22.9 Å². The fraction of sp³-hybridized carbons (Fsp3) is 0.448. The highest BCUT2D eigenvalue weighted by atomic mass is 35.5. The van der Waals surface area contributed by atoms with E-state index in [9.17, 15) is 10.1 Å². The number of hydrogen-bond donors (Lipinski definition) is 0. The summed E-state index contributed by atoms with van der Waals surface area (Å²) in [6, 6.07) is 8.29. The van der Waals surface area contributed by atoms with Crippen molar-refractivity contribution in [2.24, 2.45) is 0 Å². The first-order chi connectivity index (χ1) is 19.3. The van der Waals surface area contributed by atoms with Gasteiger partial charge in [0.05, 0.1) is 41.5 Å². The summed E-state index contributed by atoms with van der Waals surface area (Å²) < 4.78 is 39.1. The summed E-state index contributed by atoms with van der Waals surface area (Å²) in [5, 5.41) is 19.1. The van der Waals surface area contributed by atoms with E-state index in [2.05, 4.69) is 16.3 Å². The number of carbonyl (C=O) groups excluding carboxylic acids is 1. The van der Waals surface area contributed by atoms with Gasteiger partial charge in [-0.25, -0.2) is 9.18 Å². The second kappa shape index (κ2) is 10.7. The molecule has 0 bridgehead atoms. The molecule has 0 aliphatic carbocycles. The Labute approximate surface area is 246 Å². The van der Waals surface area contributed by atoms with E-state index in [0.717, 1.165) is 0 Å². The molecular weight excluding hydrogens is 571 g/mol. The number of benzene rings is 2. The molecule has 1 amide bonds. The number of nitrogens with zero attached hydrogens (tertiary/aromatic N) is 4. The molecule has 41 heavy (non-hydrogen) atoms. The van der Waals surface area contributed by atoms with Crippen molar-refractivity contribution in [3.8, 4) is 38.7 Å². The van der Waals surface area contributed by atoms with E-state index in [4.69, 9.17) is 30.5 Å². The maximum Gasteiger partial charge on any atom is 0.413 e. The van der Waals surface area contributed by atoms with Crippen LogP contribution in [0, 0.1) is 17.1 Å². The van der Waals surface area contributed by atoms with Crippen molar-refractivity contribution < 1.29 is 28.1 Å². The van der Waals surface area contributed by atoms with E-state index in [1.54, 1.807) is 50.8 Å². The lowest BCUT2D eigenvalue weighted by molar-refractivity contribution is -0.0685. The monoisotopic (exact) mass is 600 g/mol. The molecule has 216 valence electrons. The summed E-state index contributed by atoms with van der Waals surface area (Å²) in [6.07, 6.45) is -0.259. The van der Waals surface area contributed by atoms with Crippen LogP contribution in [0.2, 0.25) is 5.02 Å². The van der Waals surface area contributed by atoms with Gasteiger partial charge in [0.15, 0.2) is 11.6 Å². The first-order valence-corrected chi connectivity index (χ1v) is 14.4. The number of fused-ring (bicyclic) bond motifs is 2. The molecule has 0 N–H and O–H groups in total. The number of ether oxygens (including phenoxy) is 4. The molecule has 9 nitrogen and oxygen atoms in total. The number of carbonyl (C=O) groups is 1. The van der Waals surface area contributed by atoms with E-state index < -0.39 is 23.2 Å². The number of amides is 1. The molecule has 0 spiro atoms. The summed E-state index contributed by atoms with van der Waals surface area (Å²) in [5.41, 5.74) is -0.761. The van der Waals surface area contributed by atoms with Crippen molar-refractivity contribution in [2.75, 3.05) is 13.2 Å². The molecule has 0 saturated carbocycles. The van der Waals surface area contributed by atoms with Gasteiger partial charge >= 0.3 is 6.09 Å². The fourth-order valence-electron chi connectivity index (χ4n) is 5.08. The zero-order valence-electron chi connectivity index (χ0n) is 23.6. The minimum absolute atomic E-state index is 0.0766. The number of rotatable bonds is 4. The predicted molar refractivity (Wildman–Crippen MR) is 152 cm³/mol. The van der Waals surface area contributed by atoms with Crippen LogP contribution < -0.4 is 9.47 Å². The molecule has 1 aromatic heterocycles. The van der Waals surface area contributed by atoms with E-state index in [1.165, 1.54) is 17.4 Å². The van der Waals surface area contributed by atoms with Gasteiger partial charge in [-0.3, -0.25) is 4.90 Å². The van der Waals surface area contributed by atoms with Gasteiger partial charge in [0.2, 0.25) is 0 Å². The molecule has 1 saturated heterocycles. The molecule has 5 rings (SSSR count). The average molecular weight is 601 g/mol. The molecule has 0 unspecified atom stereocenters. The average Bonchev–Trinajstić information content (AvgIpc) is 3.49.